The largest absolute Gasteiger partial charge is 0.394 e. The van der Waals surface area contributed by atoms with Crippen LogP contribution in [0.1, 0.15) is 45.7 Å². The molecule has 1 heterocycles. The van der Waals surface area contributed by atoms with E-state index in [-0.39, 0.29) is 12.1 Å². The van der Waals surface area contributed by atoms with Gasteiger partial charge in [0.2, 0.25) is 0 Å². The van der Waals surface area contributed by atoms with Crippen molar-refractivity contribution < 1.29 is 5.11 Å². The van der Waals surface area contributed by atoms with E-state index < -0.39 is 0 Å². The summed E-state index contributed by atoms with van der Waals surface area (Å²) in [5, 5.41) is 17.3. The zero-order valence-electron chi connectivity index (χ0n) is 12.1. The third kappa shape index (κ3) is 5.19. The molecule has 1 unspecified atom stereocenters. The molecule has 1 aromatic rings. The molecule has 104 valence electrons. The van der Waals surface area contributed by atoms with Gasteiger partial charge in [-0.15, -0.1) is 0 Å². The first-order chi connectivity index (χ1) is 8.45. The maximum atomic E-state index is 9.47. The van der Waals surface area contributed by atoms with Crippen LogP contribution < -0.4 is 5.32 Å². The minimum Gasteiger partial charge on any atom is -0.394 e. The standard InChI is InChI=1S/C14H27N3O/c1-12(2)15-14(4,11-18)8-5-6-9-17-10-7-13(3)16-17/h7,10,12,15,18H,5-6,8-9,11H2,1-4H3. The molecule has 0 amide bonds. The molecule has 1 aromatic heterocycles. The number of hydrogen-bond donors (Lipinski definition) is 2. The monoisotopic (exact) mass is 253 g/mol. The fraction of sp³-hybridized carbons (Fsp3) is 0.786. The Labute approximate surface area is 110 Å². The number of aliphatic hydroxyl groups excluding tert-OH is 1. The molecule has 0 aliphatic rings. The Balaban J connectivity index is 2.27. The highest BCUT2D eigenvalue weighted by atomic mass is 16.3. The summed E-state index contributed by atoms with van der Waals surface area (Å²) in [6.07, 6.45) is 5.20. The molecule has 0 aliphatic heterocycles. The Morgan fingerprint density at radius 2 is 2.17 bits per heavy atom. The lowest BCUT2D eigenvalue weighted by atomic mass is 9.95. The number of aryl methyl sites for hydroxylation is 2. The third-order valence-electron chi connectivity index (χ3n) is 3.13. The van der Waals surface area contributed by atoms with Crippen molar-refractivity contribution in [2.75, 3.05) is 6.61 Å². The molecule has 0 saturated carbocycles. The maximum absolute atomic E-state index is 9.47. The van der Waals surface area contributed by atoms with Crippen LogP contribution in [-0.4, -0.2) is 33.1 Å². The minimum atomic E-state index is -0.159. The van der Waals surface area contributed by atoms with Crippen LogP contribution in [0.5, 0.6) is 0 Å². The van der Waals surface area contributed by atoms with Crippen LogP contribution in [0, 0.1) is 6.92 Å². The van der Waals surface area contributed by atoms with E-state index in [9.17, 15) is 5.11 Å². The molecule has 0 radical (unpaired) electrons. The third-order valence-corrected chi connectivity index (χ3v) is 3.13. The van der Waals surface area contributed by atoms with Gasteiger partial charge in [-0.25, -0.2) is 0 Å². The zero-order chi connectivity index (χ0) is 13.6. The van der Waals surface area contributed by atoms with Gasteiger partial charge in [0.15, 0.2) is 0 Å². The lowest BCUT2D eigenvalue weighted by molar-refractivity contribution is 0.153. The molecule has 2 N–H and O–H groups in total. The van der Waals surface area contributed by atoms with Crippen LogP contribution in [-0.2, 0) is 6.54 Å². The van der Waals surface area contributed by atoms with Crippen LogP contribution in [0.25, 0.3) is 0 Å². The van der Waals surface area contributed by atoms with Crippen molar-refractivity contribution in [3.8, 4) is 0 Å². The van der Waals surface area contributed by atoms with Crippen molar-refractivity contribution in [2.24, 2.45) is 0 Å². The first kappa shape index (κ1) is 15.2. The Hall–Kier alpha value is -0.870. The van der Waals surface area contributed by atoms with E-state index in [1.165, 1.54) is 0 Å². The first-order valence-corrected chi connectivity index (χ1v) is 6.84. The molecule has 0 saturated heterocycles. The lowest BCUT2D eigenvalue weighted by Gasteiger charge is -2.31. The summed E-state index contributed by atoms with van der Waals surface area (Å²) in [6, 6.07) is 2.42. The average Bonchev–Trinajstić information content (AvgIpc) is 2.70. The van der Waals surface area contributed by atoms with Crippen LogP contribution in [0.4, 0.5) is 0 Å². The van der Waals surface area contributed by atoms with E-state index in [1.807, 2.05) is 23.9 Å². The summed E-state index contributed by atoms with van der Waals surface area (Å²) < 4.78 is 1.99. The van der Waals surface area contributed by atoms with Crippen LogP contribution in [0.15, 0.2) is 12.3 Å². The molecule has 1 rings (SSSR count). The summed E-state index contributed by atoms with van der Waals surface area (Å²) in [6.45, 7) is 9.46. The second kappa shape index (κ2) is 6.90. The lowest BCUT2D eigenvalue weighted by Crippen LogP contribution is -2.49. The normalized spacial score (nSPS) is 15.0. The second-order valence-electron chi connectivity index (χ2n) is 5.70. The van der Waals surface area contributed by atoms with E-state index in [0.29, 0.717) is 6.04 Å². The van der Waals surface area contributed by atoms with Crippen molar-refractivity contribution in [3.05, 3.63) is 18.0 Å². The van der Waals surface area contributed by atoms with Gasteiger partial charge in [0.05, 0.1) is 12.3 Å². The highest BCUT2D eigenvalue weighted by Gasteiger charge is 2.22. The molecular formula is C14H27N3O. The van der Waals surface area contributed by atoms with Gasteiger partial charge in [-0.05, 0) is 39.2 Å². The Morgan fingerprint density at radius 3 is 2.67 bits per heavy atom. The van der Waals surface area contributed by atoms with E-state index in [2.05, 4.69) is 31.2 Å². The first-order valence-electron chi connectivity index (χ1n) is 6.84. The van der Waals surface area contributed by atoms with E-state index in [4.69, 9.17) is 0 Å². The van der Waals surface area contributed by atoms with Crippen molar-refractivity contribution in [1.82, 2.24) is 15.1 Å². The van der Waals surface area contributed by atoms with Crippen molar-refractivity contribution in [2.45, 2.75) is 65.1 Å². The predicted octanol–water partition coefficient (Wildman–Crippen LogP) is 2.11. The van der Waals surface area contributed by atoms with Gasteiger partial charge in [-0.2, -0.15) is 5.10 Å². The molecule has 0 aliphatic carbocycles. The molecule has 4 heteroatoms. The fourth-order valence-electron chi connectivity index (χ4n) is 2.27. The predicted molar refractivity (Wildman–Crippen MR) is 74.6 cm³/mol. The Kier molecular flexibility index (Phi) is 5.82. The second-order valence-corrected chi connectivity index (χ2v) is 5.70. The summed E-state index contributed by atoms with van der Waals surface area (Å²) in [7, 11) is 0. The van der Waals surface area contributed by atoms with Gasteiger partial charge < -0.3 is 10.4 Å². The SMILES string of the molecule is Cc1ccn(CCCCC(C)(CO)NC(C)C)n1. The summed E-state index contributed by atoms with van der Waals surface area (Å²) >= 11 is 0. The van der Waals surface area contributed by atoms with Crippen LogP contribution in [0.3, 0.4) is 0 Å². The number of aromatic nitrogens is 2. The molecule has 1 atom stereocenters. The van der Waals surface area contributed by atoms with Gasteiger partial charge in [0, 0.05) is 24.3 Å². The minimum absolute atomic E-state index is 0.159. The average molecular weight is 253 g/mol. The summed E-state index contributed by atoms with van der Waals surface area (Å²) in [4.78, 5) is 0. The maximum Gasteiger partial charge on any atom is 0.0610 e. The Bertz CT molecular complexity index is 349. The Morgan fingerprint density at radius 1 is 1.44 bits per heavy atom. The van der Waals surface area contributed by atoms with Gasteiger partial charge in [0.25, 0.3) is 0 Å². The molecule has 4 nitrogen and oxygen atoms in total. The highest BCUT2D eigenvalue weighted by molar-refractivity contribution is 4.94. The summed E-state index contributed by atoms with van der Waals surface area (Å²) in [5.74, 6) is 0. The molecule has 0 bridgehead atoms. The van der Waals surface area contributed by atoms with Crippen molar-refractivity contribution in [1.29, 1.82) is 0 Å². The summed E-state index contributed by atoms with van der Waals surface area (Å²) in [5.41, 5.74) is 0.908. The van der Waals surface area contributed by atoms with Gasteiger partial charge >= 0.3 is 0 Å². The number of aliphatic hydroxyl groups is 1. The zero-order valence-corrected chi connectivity index (χ0v) is 12.1. The van der Waals surface area contributed by atoms with Crippen LogP contribution >= 0.6 is 0 Å². The number of hydrogen-bond acceptors (Lipinski definition) is 3. The van der Waals surface area contributed by atoms with Gasteiger partial charge in [-0.3, -0.25) is 4.68 Å². The number of unbranched alkanes of at least 4 members (excludes halogenated alkanes) is 1. The quantitative estimate of drug-likeness (QED) is 0.698. The van der Waals surface area contributed by atoms with Gasteiger partial charge in [-0.1, -0.05) is 13.8 Å². The molecule has 0 aromatic carbocycles. The van der Waals surface area contributed by atoms with Gasteiger partial charge in [0.1, 0.15) is 0 Å². The van der Waals surface area contributed by atoms with E-state index >= 15 is 0 Å². The number of rotatable bonds is 8. The van der Waals surface area contributed by atoms with Crippen LogP contribution in [0.2, 0.25) is 0 Å². The molecule has 0 fully saturated rings. The smallest absolute Gasteiger partial charge is 0.0610 e. The molecule has 0 spiro atoms. The van der Waals surface area contributed by atoms with E-state index in [0.717, 1.165) is 31.5 Å². The van der Waals surface area contributed by atoms with Crippen molar-refractivity contribution >= 4 is 0 Å². The van der Waals surface area contributed by atoms with Crippen molar-refractivity contribution in [3.63, 3.8) is 0 Å². The number of nitrogens with one attached hydrogen (secondary N) is 1. The molecule has 18 heavy (non-hydrogen) atoms. The topological polar surface area (TPSA) is 50.1 Å². The molecular weight excluding hydrogens is 226 g/mol. The highest BCUT2D eigenvalue weighted by Crippen LogP contribution is 2.14. The van der Waals surface area contributed by atoms with E-state index in [1.54, 1.807) is 0 Å². The number of nitrogens with zero attached hydrogens (tertiary/aromatic N) is 2. The fourth-order valence-corrected chi connectivity index (χ4v) is 2.27.